The third-order valence-electron chi connectivity index (χ3n) is 1.87. The molecule has 0 amide bonds. The number of carbonyl (C=O) groups is 1. The van der Waals surface area contributed by atoms with E-state index in [1.165, 1.54) is 11.8 Å². The maximum atomic E-state index is 10.9. The zero-order valence-electron chi connectivity index (χ0n) is 8.46. The highest BCUT2D eigenvalue weighted by Gasteiger charge is 2.15. The summed E-state index contributed by atoms with van der Waals surface area (Å²) in [4.78, 5) is 13.2. The Kier molecular flexibility index (Phi) is 6.48. The predicted octanol–water partition coefficient (Wildman–Crippen LogP) is 2.34. The molecular formula is C9H19NOS. The van der Waals surface area contributed by atoms with Gasteiger partial charge in [0, 0.05) is 6.92 Å². The summed E-state index contributed by atoms with van der Waals surface area (Å²) < 4.78 is 0. The summed E-state index contributed by atoms with van der Waals surface area (Å²) in [7, 11) is 0. The lowest BCUT2D eigenvalue weighted by Crippen LogP contribution is -2.32. The molecular weight excluding hydrogens is 170 g/mol. The fourth-order valence-electron chi connectivity index (χ4n) is 1.24. The molecule has 12 heavy (non-hydrogen) atoms. The summed E-state index contributed by atoms with van der Waals surface area (Å²) in [6, 6.07) is 0. The average molecular weight is 189 g/mol. The molecule has 2 nitrogen and oxygen atoms in total. The Balaban J connectivity index is 4.01. The molecule has 0 saturated carbocycles. The molecule has 0 radical (unpaired) electrons. The molecule has 0 aromatic rings. The van der Waals surface area contributed by atoms with E-state index >= 15 is 0 Å². The average Bonchev–Trinajstić information content (AvgIpc) is 2.04. The Morgan fingerprint density at radius 3 is 2.08 bits per heavy atom. The Morgan fingerprint density at radius 2 is 1.83 bits per heavy atom. The van der Waals surface area contributed by atoms with E-state index in [-0.39, 0.29) is 5.12 Å². The van der Waals surface area contributed by atoms with Crippen LogP contribution in [0.1, 0.15) is 34.1 Å². The summed E-state index contributed by atoms with van der Waals surface area (Å²) in [6.07, 6.45) is 1.03. The van der Waals surface area contributed by atoms with Crippen molar-refractivity contribution in [3.05, 3.63) is 0 Å². The second-order valence-electron chi connectivity index (χ2n) is 2.69. The largest absolute Gasteiger partial charge is 0.292 e. The van der Waals surface area contributed by atoms with Crippen LogP contribution in [0.3, 0.4) is 0 Å². The van der Waals surface area contributed by atoms with E-state index in [9.17, 15) is 4.79 Å². The van der Waals surface area contributed by atoms with E-state index in [2.05, 4.69) is 25.7 Å². The Hall–Kier alpha value is -0.0200. The molecule has 0 aliphatic heterocycles. The van der Waals surface area contributed by atoms with Crippen LogP contribution in [0.2, 0.25) is 0 Å². The Morgan fingerprint density at radius 1 is 1.33 bits per heavy atom. The fourth-order valence-corrected chi connectivity index (χ4v) is 2.24. The minimum absolute atomic E-state index is 0.216. The molecule has 0 saturated heterocycles. The van der Waals surface area contributed by atoms with Crippen molar-refractivity contribution < 1.29 is 4.79 Å². The smallest absolute Gasteiger partial charge is 0.187 e. The molecule has 1 unspecified atom stereocenters. The number of hydrogen-bond acceptors (Lipinski definition) is 3. The van der Waals surface area contributed by atoms with Gasteiger partial charge in [0.2, 0.25) is 0 Å². The van der Waals surface area contributed by atoms with Crippen LogP contribution in [0.25, 0.3) is 0 Å². The first kappa shape index (κ1) is 12.0. The van der Waals surface area contributed by atoms with Crippen LogP contribution in [0, 0.1) is 0 Å². The minimum Gasteiger partial charge on any atom is -0.292 e. The highest BCUT2D eigenvalue weighted by atomic mass is 32.2. The summed E-state index contributed by atoms with van der Waals surface area (Å²) in [5.41, 5.74) is 0. The number of thioether (sulfide) groups is 1. The molecule has 0 rings (SSSR count). The molecule has 1 atom stereocenters. The van der Waals surface area contributed by atoms with Gasteiger partial charge in [0.1, 0.15) is 0 Å². The van der Waals surface area contributed by atoms with E-state index in [0.717, 1.165) is 19.5 Å². The van der Waals surface area contributed by atoms with Crippen molar-refractivity contribution in [1.29, 1.82) is 0 Å². The summed E-state index contributed by atoms with van der Waals surface area (Å²) >= 11 is 1.44. The zero-order chi connectivity index (χ0) is 9.56. The monoisotopic (exact) mass is 189 g/mol. The van der Waals surface area contributed by atoms with Crippen LogP contribution in [0.4, 0.5) is 0 Å². The van der Waals surface area contributed by atoms with Crippen molar-refractivity contribution in [2.45, 2.75) is 39.5 Å². The van der Waals surface area contributed by atoms with Gasteiger partial charge in [-0.25, -0.2) is 0 Å². The van der Waals surface area contributed by atoms with Crippen LogP contribution in [0.5, 0.6) is 0 Å². The van der Waals surface area contributed by atoms with Crippen LogP contribution in [0.15, 0.2) is 0 Å². The number of hydrogen-bond donors (Lipinski definition) is 0. The number of nitrogens with zero attached hydrogens (tertiary/aromatic N) is 1. The van der Waals surface area contributed by atoms with E-state index in [1.807, 2.05) is 0 Å². The molecule has 0 N–H and O–H groups in total. The molecule has 0 spiro atoms. The lowest BCUT2D eigenvalue weighted by atomic mass is 10.4. The minimum atomic E-state index is 0.216. The van der Waals surface area contributed by atoms with Gasteiger partial charge in [0.15, 0.2) is 5.12 Å². The zero-order valence-corrected chi connectivity index (χ0v) is 9.28. The van der Waals surface area contributed by atoms with E-state index in [1.54, 1.807) is 6.92 Å². The molecule has 0 fully saturated rings. The third kappa shape index (κ3) is 4.12. The van der Waals surface area contributed by atoms with Gasteiger partial charge in [0.25, 0.3) is 0 Å². The van der Waals surface area contributed by atoms with Crippen molar-refractivity contribution in [3.63, 3.8) is 0 Å². The van der Waals surface area contributed by atoms with Gasteiger partial charge >= 0.3 is 0 Å². The topological polar surface area (TPSA) is 20.3 Å². The molecule has 0 aliphatic carbocycles. The molecule has 0 aromatic carbocycles. The highest BCUT2D eigenvalue weighted by molar-refractivity contribution is 8.14. The van der Waals surface area contributed by atoms with Gasteiger partial charge in [-0.2, -0.15) is 0 Å². The summed E-state index contributed by atoms with van der Waals surface area (Å²) in [5, 5.41) is 0.589. The first-order valence-corrected chi connectivity index (χ1v) is 5.44. The molecule has 72 valence electrons. The van der Waals surface area contributed by atoms with Crippen LogP contribution in [-0.2, 0) is 4.79 Å². The lowest BCUT2D eigenvalue weighted by molar-refractivity contribution is -0.109. The maximum absolute atomic E-state index is 10.9. The van der Waals surface area contributed by atoms with Gasteiger partial charge < -0.3 is 0 Å². The quantitative estimate of drug-likeness (QED) is 0.619. The van der Waals surface area contributed by atoms with Gasteiger partial charge in [-0.3, -0.25) is 9.69 Å². The summed E-state index contributed by atoms with van der Waals surface area (Å²) in [6.45, 7) is 10.1. The Bertz CT molecular complexity index is 134. The predicted molar refractivity (Wildman–Crippen MR) is 55.3 cm³/mol. The fraction of sp³-hybridized carbons (Fsp3) is 0.889. The number of carbonyl (C=O) groups excluding carboxylic acids is 1. The summed E-state index contributed by atoms with van der Waals surface area (Å²) in [5.74, 6) is 0. The van der Waals surface area contributed by atoms with Gasteiger partial charge in [0.05, 0.1) is 5.37 Å². The molecule has 0 aliphatic rings. The van der Waals surface area contributed by atoms with E-state index < -0.39 is 0 Å². The third-order valence-corrected chi connectivity index (χ3v) is 3.11. The van der Waals surface area contributed by atoms with E-state index in [4.69, 9.17) is 0 Å². The molecule has 0 aromatic heterocycles. The number of rotatable bonds is 5. The van der Waals surface area contributed by atoms with Gasteiger partial charge in [-0.1, -0.05) is 32.5 Å². The van der Waals surface area contributed by atoms with Crippen LogP contribution < -0.4 is 0 Å². The molecule has 0 heterocycles. The van der Waals surface area contributed by atoms with Crippen LogP contribution >= 0.6 is 11.8 Å². The second kappa shape index (κ2) is 6.49. The molecule has 3 heteroatoms. The Labute approximate surface area is 79.7 Å². The highest BCUT2D eigenvalue weighted by Crippen LogP contribution is 2.18. The van der Waals surface area contributed by atoms with Gasteiger partial charge in [-0.05, 0) is 19.5 Å². The normalized spacial score (nSPS) is 13.4. The maximum Gasteiger partial charge on any atom is 0.187 e. The first-order chi connectivity index (χ1) is 5.65. The van der Waals surface area contributed by atoms with Gasteiger partial charge in [-0.15, -0.1) is 0 Å². The lowest BCUT2D eigenvalue weighted by Gasteiger charge is -2.26. The van der Waals surface area contributed by atoms with Crippen molar-refractivity contribution in [2.75, 3.05) is 13.1 Å². The molecule has 0 bridgehead atoms. The van der Waals surface area contributed by atoms with Crippen molar-refractivity contribution >= 4 is 16.9 Å². The SMILES string of the molecule is CCC(SC(C)=O)N(CC)CC. The van der Waals surface area contributed by atoms with Crippen molar-refractivity contribution in [2.24, 2.45) is 0 Å². The standard InChI is InChI=1S/C9H19NOS/c1-5-9(12-8(4)11)10(6-2)7-3/h9H,5-7H2,1-4H3. The second-order valence-corrected chi connectivity index (χ2v) is 4.05. The van der Waals surface area contributed by atoms with E-state index in [0.29, 0.717) is 5.37 Å². The van der Waals surface area contributed by atoms with Crippen LogP contribution in [-0.4, -0.2) is 28.5 Å². The van der Waals surface area contributed by atoms with Crippen molar-refractivity contribution in [3.8, 4) is 0 Å². The first-order valence-electron chi connectivity index (χ1n) is 4.56. The van der Waals surface area contributed by atoms with Crippen molar-refractivity contribution in [1.82, 2.24) is 4.90 Å².